The van der Waals surface area contributed by atoms with Gasteiger partial charge in [-0.15, -0.1) is 0 Å². The van der Waals surface area contributed by atoms with Gasteiger partial charge < -0.3 is 15.0 Å². The fourth-order valence-corrected chi connectivity index (χ4v) is 5.20. The number of phenolic OH excluding ortho intramolecular Hbond substituents is 1. The monoisotopic (exact) mass is 452 g/mol. The van der Waals surface area contributed by atoms with Crippen LogP contribution in [0.2, 0.25) is 5.02 Å². The maximum atomic E-state index is 13.6. The molecule has 8 heteroatoms. The molecule has 7 nitrogen and oxygen atoms in total. The largest absolute Gasteiger partial charge is 0.508 e. The number of carbonyl (C=O) groups excluding carboxylic acids is 2. The Morgan fingerprint density at radius 2 is 2.00 bits per heavy atom. The number of hydrogen-bond donors (Lipinski definition) is 2. The summed E-state index contributed by atoms with van der Waals surface area (Å²) in [6, 6.07) is 11.7. The first kappa shape index (κ1) is 20.8. The van der Waals surface area contributed by atoms with Crippen molar-refractivity contribution < 1.29 is 14.7 Å². The molecule has 0 radical (unpaired) electrons. The highest BCUT2D eigenvalue weighted by Crippen LogP contribution is 2.49. The number of nitrogens with one attached hydrogen (secondary N) is 1. The molecular formula is C24H25ClN4O3. The summed E-state index contributed by atoms with van der Waals surface area (Å²) in [6.45, 7) is 2.75. The number of H-pyrrole nitrogens is 1. The molecule has 3 aromatic rings. The molecule has 2 N–H and O–H groups in total. The number of carbonyl (C=O) groups is 2. The van der Waals surface area contributed by atoms with Crippen LogP contribution in [0.3, 0.4) is 0 Å². The molecule has 2 atom stereocenters. The van der Waals surface area contributed by atoms with Crippen molar-refractivity contribution in [1.29, 1.82) is 0 Å². The number of benzene rings is 2. The minimum atomic E-state index is -1.04. The summed E-state index contributed by atoms with van der Waals surface area (Å²) in [6.07, 6.45) is 0.390. The van der Waals surface area contributed by atoms with Crippen LogP contribution in [-0.4, -0.2) is 69.5 Å². The summed E-state index contributed by atoms with van der Waals surface area (Å²) in [7, 11) is 3.83. The second-order valence-corrected chi connectivity index (χ2v) is 9.50. The van der Waals surface area contributed by atoms with Gasteiger partial charge in [0.2, 0.25) is 0 Å². The van der Waals surface area contributed by atoms with Gasteiger partial charge in [0.15, 0.2) is 0 Å². The average molecular weight is 453 g/mol. The highest BCUT2D eigenvalue weighted by Gasteiger charge is 2.60. The first-order chi connectivity index (χ1) is 15.2. The lowest BCUT2D eigenvalue weighted by atomic mass is 9.81. The van der Waals surface area contributed by atoms with E-state index in [9.17, 15) is 14.7 Å². The first-order valence-corrected chi connectivity index (χ1v) is 11.0. The number of aromatic hydroxyl groups is 1. The Labute approximate surface area is 191 Å². The average Bonchev–Trinajstić information content (AvgIpc) is 3.17. The van der Waals surface area contributed by atoms with Gasteiger partial charge in [0.25, 0.3) is 5.91 Å². The van der Waals surface area contributed by atoms with E-state index in [2.05, 4.69) is 4.98 Å². The van der Waals surface area contributed by atoms with Crippen LogP contribution in [0.4, 0.5) is 4.79 Å². The number of phenols is 1. The van der Waals surface area contributed by atoms with E-state index >= 15 is 0 Å². The molecule has 2 aliphatic rings. The molecule has 1 saturated heterocycles. The van der Waals surface area contributed by atoms with Crippen LogP contribution < -0.4 is 0 Å². The second kappa shape index (κ2) is 7.25. The summed E-state index contributed by atoms with van der Waals surface area (Å²) < 4.78 is 0. The van der Waals surface area contributed by atoms with E-state index in [1.165, 1.54) is 4.90 Å². The van der Waals surface area contributed by atoms with Gasteiger partial charge in [0.1, 0.15) is 17.3 Å². The Balaban J connectivity index is 1.72. The van der Waals surface area contributed by atoms with Crippen LogP contribution in [0, 0.1) is 0 Å². The molecule has 0 spiro atoms. The number of likely N-dealkylation sites (N-methyl/N-ethyl adjacent to an activating group) is 1. The summed E-state index contributed by atoms with van der Waals surface area (Å²) in [4.78, 5) is 35.7. The number of nitrogens with zero attached hydrogens (tertiary/aromatic N) is 3. The molecule has 5 rings (SSSR count). The quantitative estimate of drug-likeness (QED) is 0.591. The van der Waals surface area contributed by atoms with E-state index in [4.69, 9.17) is 11.6 Å². The minimum Gasteiger partial charge on any atom is -0.508 e. The zero-order valence-corrected chi connectivity index (χ0v) is 19.0. The van der Waals surface area contributed by atoms with Crippen molar-refractivity contribution in [2.24, 2.45) is 0 Å². The van der Waals surface area contributed by atoms with E-state index in [1.54, 1.807) is 23.1 Å². The Kier molecular flexibility index (Phi) is 4.72. The van der Waals surface area contributed by atoms with Gasteiger partial charge >= 0.3 is 6.03 Å². The van der Waals surface area contributed by atoms with Crippen molar-refractivity contribution >= 4 is 34.4 Å². The van der Waals surface area contributed by atoms with Crippen LogP contribution in [-0.2, 0) is 11.2 Å². The zero-order chi connectivity index (χ0) is 22.8. The van der Waals surface area contributed by atoms with Crippen LogP contribution in [0.25, 0.3) is 10.9 Å². The topological polar surface area (TPSA) is 79.9 Å². The Hall–Kier alpha value is -3.03. The van der Waals surface area contributed by atoms with Gasteiger partial charge in [0, 0.05) is 41.1 Å². The van der Waals surface area contributed by atoms with Crippen molar-refractivity contribution in [2.45, 2.75) is 24.9 Å². The predicted octanol–water partition coefficient (Wildman–Crippen LogP) is 3.76. The molecule has 2 aliphatic heterocycles. The summed E-state index contributed by atoms with van der Waals surface area (Å²) in [5.74, 6) is -0.0885. The minimum absolute atomic E-state index is 0.109. The van der Waals surface area contributed by atoms with Gasteiger partial charge in [-0.05, 0) is 62.5 Å². The van der Waals surface area contributed by atoms with Crippen molar-refractivity contribution in [3.63, 3.8) is 0 Å². The van der Waals surface area contributed by atoms with Crippen LogP contribution in [0.15, 0.2) is 42.5 Å². The molecule has 3 amide bonds. The third-order valence-electron chi connectivity index (χ3n) is 6.59. The van der Waals surface area contributed by atoms with Crippen molar-refractivity contribution in [1.82, 2.24) is 19.7 Å². The molecule has 166 valence electrons. The van der Waals surface area contributed by atoms with E-state index in [1.807, 2.05) is 50.2 Å². The van der Waals surface area contributed by atoms with Crippen LogP contribution in [0.1, 0.15) is 29.8 Å². The Morgan fingerprint density at radius 3 is 2.72 bits per heavy atom. The highest BCUT2D eigenvalue weighted by molar-refractivity contribution is 6.31. The molecule has 32 heavy (non-hydrogen) atoms. The summed E-state index contributed by atoms with van der Waals surface area (Å²) >= 11 is 6.29. The fourth-order valence-electron chi connectivity index (χ4n) is 5.02. The molecule has 3 heterocycles. The number of urea groups is 1. The van der Waals surface area contributed by atoms with Gasteiger partial charge in [-0.25, -0.2) is 4.79 Å². The number of aromatic nitrogens is 1. The lowest BCUT2D eigenvalue weighted by Crippen LogP contribution is -2.53. The highest BCUT2D eigenvalue weighted by atomic mass is 35.5. The van der Waals surface area contributed by atoms with Gasteiger partial charge in [-0.3, -0.25) is 14.6 Å². The SMILES string of the molecule is CN(C)CCN1C(=O)N2C(c3cccc(O)c3)c3[nH]c4ccc(Cl)cc4c3CC2(C)C1=O. The second-order valence-electron chi connectivity index (χ2n) is 9.07. The standard InChI is InChI=1S/C24H25ClN4O3/c1-24-13-18-17-12-15(25)7-8-19(17)26-20(18)21(14-5-4-6-16(30)11-14)29(24)23(32)28(22(24)31)10-9-27(2)3/h4-8,11-12,21,26,30H,9-10,13H2,1-3H3. The number of amides is 3. The maximum Gasteiger partial charge on any atom is 0.328 e. The first-order valence-electron chi connectivity index (χ1n) is 10.6. The number of fused-ring (bicyclic) bond motifs is 4. The van der Waals surface area contributed by atoms with Gasteiger partial charge in [-0.1, -0.05) is 23.7 Å². The molecular weight excluding hydrogens is 428 g/mol. The summed E-state index contributed by atoms with van der Waals surface area (Å²) in [5.41, 5.74) is 2.43. The third kappa shape index (κ3) is 2.99. The van der Waals surface area contributed by atoms with Crippen LogP contribution in [0.5, 0.6) is 5.75 Å². The van der Waals surface area contributed by atoms with Crippen LogP contribution >= 0.6 is 11.6 Å². The smallest absolute Gasteiger partial charge is 0.328 e. The van der Waals surface area contributed by atoms with Crippen molar-refractivity contribution in [2.75, 3.05) is 27.2 Å². The van der Waals surface area contributed by atoms with E-state index in [-0.39, 0.29) is 17.7 Å². The van der Waals surface area contributed by atoms with Gasteiger partial charge in [-0.2, -0.15) is 0 Å². The Morgan fingerprint density at radius 1 is 1.22 bits per heavy atom. The maximum absolute atomic E-state index is 13.6. The van der Waals surface area contributed by atoms with E-state index < -0.39 is 11.6 Å². The van der Waals surface area contributed by atoms with Crippen molar-refractivity contribution in [3.05, 3.63) is 64.3 Å². The molecule has 0 aliphatic carbocycles. The third-order valence-corrected chi connectivity index (χ3v) is 6.82. The molecule has 1 aromatic heterocycles. The predicted molar refractivity (Wildman–Crippen MR) is 123 cm³/mol. The number of halogens is 1. The Bertz CT molecular complexity index is 1250. The lowest BCUT2D eigenvalue weighted by Gasteiger charge is -2.42. The zero-order valence-electron chi connectivity index (χ0n) is 18.2. The normalized spacial score (nSPS) is 22.7. The molecule has 2 unspecified atom stereocenters. The number of rotatable bonds is 4. The molecule has 0 saturated carbocycles. The van der Waals surface area contributed by atoms with E-state index in [0.29, 0.717) is 24.5 Å². The fraction of sp³-hybridized carbons (Fsp3) is 0.333. The molecule has 1 fully saturated rings. The lowest BCUT2D eigenvalue weighted by molar-refractivity contribution is -0.133. The molecule has 0 bridgehead atoms. The number of hydrogen-bond acceptors (Lipinski definition) is 4. The van der Waals surface area contributed by atoms with Crippen molar-refractivity contribution in [3.8, 4) is 5.75 Å². The summed E-state index contributed by atoms with van der Waals surface area (Å²) in [5, 5.41) is 11.7. The van der Waals surface area contributed by atoms with E-state index in [0.717, 1.165) is 27.7 Å². The van der Waals surface area contributed by atoms with Gasteiger partial charge in [0.05, 0.1) is 0 Å². The number of imide groups is 1. The number of aromatic amines is 1. The molecule has 2 aromatic carbocycles.